The van der Waals surface area contributed by atoms with Gasteiger partial charge in [-0.1, -0.05) is 30.3 Å². The van der Waals surface area contributed by atoms with Gasteiger partial charge in [0.25, 0.3) is 5.91 Å². The Bertz CT molecular complexity index is 1180. The average Bonchev–Trinajstić information content (AvgIpc) is 3.41. The number of benzene rings is 1. The predicted octanol–water partition coefficient (Wildman–Crippen LogP) is 2.60. The molecule has 8 heteroatoms. The molecule has 2 aliphatic heterocycles. The zero-order valence-electron chi connectivity index (χ0n) is 18.2. The molecule has 0 spiro atoms. The van der Waals surface area contributed by atoms with E-state index in [2.05, 4.69) is 9.97 Å². The molecule has 5 rings (SSSR count). The lowest BCUT2D eigenvalue weighted by Gasteiger charge is -2.19. The topological polar surface area (TPSA) is 92.2 Å². The van der Waals surface area contributed by atoms with Crippen molar-refractivity contribution in [3.63, 3.8) is 0 Å². The molecule has 32 heavy (non-hydrogen) atoms. The predicted molar refractivity (Wildman–Crippen MR) is 118 cm³/mol. The number of fused-ring (bicyclic) bond motifs is 1. The van der Waals surface area contributed by atoms with E-state index < -0.39 is 0 Å². The van der Waals surface area contributed by atoms with Crippen LogP contribution in [-0.2, 0) is 17.8 Å². The Labute approximate surface area is 186 Å². The number of amides is 2. The number of aryl methyl sites for hydroxylation is 2. The van der Waals surface area contributed by atoms with E-state index in [1.807, 2.05) is 44.2 Å². The maximum Gasteiger partial charge on any atom is 0.274 e. The van der Waals surface area contributed by atoms with Crippen LogP contribution in [0.2, 0.25) is 0 Å². The molecular weight excluding hydrogens is 404 g/mol. The third-order valence-electron chi connectivity index (χ3n) is 6.12. The van der Waals surface area contributed by atoms with E-state index in [-0.39, 0.29) is 17.7 Å². The first-order chi connectivity index (χ1) is 15.5. The summed E-state index contributed by atoms with van der Waals surface area (Å²) in [6.45, 7) is 5.41. The maximum absolute atomic E-state index is 12.8. The van der Waals surface area contributed by atoms with Crippen molar-refractivity contribution < 1.29 is 9.59 Å². The molecule has 1 saturated heterocycles. The van der Waals surface area contributed by atoms with Crippen LogP contribution in [-0.4, -0.2) is 49.7 Å². The monoisotopic (exact) mass is 428 g/mol. The van der Waals surface area contributed by atoms with Crippen LogP contribution in [0.4, 0.5) is 5.82 Å². The number of carbonyl (C=O) groups is 2. The normalized spacial score (nSPS) is 17.7. The Balaban J connectivity index is 1.37. The molecular formula is C24H24N6O2. The van der Waals surface area contributed by atoms with Crippen molar-refractivity contribution in [2.24, 2.45) is 0 Å². The number of rotatable bonds is 4. The molecule has 3 aromatic rings. The summed E-state index contributed by atoms with van der Waals surface area (Å²) in [5.41, 5.74) is 3.92. The van der Waals surface area contributed by atoms with Crippen LogP contribution in [0.3, 0.4) is 0 Å². The van der Waals surface area contributed by atoms with Gasteiger partial charge in [0.1, 0.15) is 17.3 Å². The second-order valence-corrected chi connectivity index (χ2v) is 8.39. The third kappa shape index (κ3) is 3.72. The van der Waals surface area contributed by atoms with Crippen LogP contribution in [0.25, 0.3) is 0 Å². The Hall–Kier alpha value is -3.68. The van der Waals surface area contributed by atoms with E-state index in [0.717, 1.165) is 28.9 Å². The first kappa shape index (κ1) is 20.2. The minimum absolute atomic E-state index is 0.0237. The summed E-state index contributed by atoms with van der Waals surface area (Å²) >= 11 is 0. The highest BCUT2D eigenvalue weighted by molar-refractivity contribution is 6.00. The molecule has 8 nitrogen and oxygen atoms in total. The molecule has 0 N–H and O–H groups in total. The lowest BCUT2D eigenvalue weighted by molar-refractivity contribution is -0.117. The van der Waals surface area contributed by atoms with Gasteiger partial charge >= 0.3 is 0 Å². The van der Waals surface area contributed by atoms with Crippen molar-refractivity contribution in [3.05, 3.63) is 76.8 Å². The van der Waals surface area contributed by atoms with Gasteiger partial charge in [0.2, 0.25) is 5.91 Å². The average molecular weight is 428 g/mol. The van der Waals surface area contributed by atoms with E-state index in [1.54, 1.807) is 16.0 Å². The zero-order valence-corrected chi connectivity index (χ0v) is 18.2. The summed E-state index contributed by atoms with van der Waals surface area (Å²) in [6, 6.07) is 9.91. The number of nitrogens with zero attached hydrogens (tertiary/aromatic N) is 6. The molecule has 0 saturated carbocycles. The van der Waals surface area contributed by atoms with Crippen LogP contribution >= 0.6 is 0 Å². The van der Waals surface area contributed by atoms with Crippen molar-refractivity contribution in [2.75, 3.05) is 18.0 Å². The van der Waals surface area contributed by atoms with Crippen molar-refractivity contribution in [2.45, 2.75) is 39.2 Å². The number of carbonyl (C=O) groups excluding carboxylic acids is 2. The number of anilines is 1. The fraction of sp³-hybridized carbons (Fsp3) is 0.333. The second-order valence-electron chi connectivity index (χ2n) is 8.39. The maximum atomic E-state index is 12.8. The third-order valence-corrected chi connectivity index (χ3v) is 6.12. The van der Waals surface area contributed by atoms with E-state index in [9.17, 15) is 9.59 Å². The van der Waals surface area contributed by atoms with Crippen LogP contribution in [0.1, 0.15) is 51.2 Å². The van der Waals surface area contributed by atoms with Crippen molar-refractivity contribution in [1.82, 2.24) is 24.8 Å². The summed E-state index contributed by atoms with van der Waals surface area (Å²) in [5.74, 6) is 1.34. The number of hydrogen-bond acceptors (Lipinski definition) is 6. The van der Waals surface area contributed by atoms with Crippen LogP contribution in [0.5, 0.6) is 0 Å². The Kier molecular flexibility index (Phi) is 5.13. The first-order valence-corrected chi connectivity index (χ1v) is 10.8. The van der Waals surface area contributed by atoms with Crippen LogP contribution in [0, 0.1) is 13.8 Å². The lowest BCUT2D eigenvalue weighted by atomic mass is 10.1. The molecule has 2 aromatic heterocycles. The smallest absolute Gasteiger partial charge is 0.274 e. The van der Waals surface area contributed by atoms with Crippen molar-refractivity contribution >= 4 is 17.6 Å². The van der Waals surface area contributed by atoms with Gasteiger partial charge in [-0.2, -0.15) is 0 Å². The summed E-state index contributed by atoms with van der Waals surface area (Å²) < 4.78 is 0. The Morgan fingerprint density at radius 1 is 1.09 bits per heavy atom. The van der Waals surface area contributed by atoms with Gasteiger partial charge in [0.05, 0.1) is 24.9 Å². The highest BCUT2D eigenvalue weighted by atomic mass is 16.2. The number of aromatic nitrogens is 4. The number of hydrogen-bond donors (Lipinski definition) is 0. The van der Waals surface area contributed by atoms with Gasteiger partial charge in [0, 0.05) is 36.5 Å². The van der Waals surface area contributed by atoms with Gasteiger partial charge in [0.15, 0.2) is 0 Å². The highest BCUT2D eigenvalue weighted by Crippen LogP contribution is 2.33. The van der Waals surface area contributed by atoms with E-state index in [1.165, 1.54) is 6.20 Å². The molecule has 4 heterocycles. The molecule has 1 aromatic carbocycles. The Morgan fingerprint density at radius 2 is 1.91 bits per heavy atom. The zero-order chi connectivity index (χ0) is 22.2. The summed E-state index contributed by atoms with van der Waals surface area (Å²) in [4.78, 5) is 47.0. The molecule has 0 bridgehead atoms. The molecule has 2 amide bonds. The molecule has 0 aliphatic carbocycles. The quantitative estimate of drug-likeness (QED) is 0.634. The highest BCUT2D eigenvalue weighted by Gasteiger charge is 2.35. The summed E-state index contributed by atoms with van der Waals surface area (Å²) in [7, 11) is 0. The molecule has 0 unspecified atom stereocenters. The van der Waals surface area contributed by atoms with E-state index >= 15 is 0 Å². The van der Waals surface area contributed by atoms with Crippen molar-refractivity contribution in [3.8, 4) is 0 Å². The van der Waals surface area contributed by atoms with Gasteiger partial charge in [-0.25, -0.2) is 15.0 Å². The molecule has 0 radical (unpaired) electrons. The molecule has 162 valence electrons. The standard InChI is InChI=1S/C24H24N6O2/c1-15-11-26-20(12-25-15)24(32)29-9-8-18(14-29)22-27-16(2)19-10-21(31)30(23(19)28-22)13-17-6-4-3-5-7-17/h3-7,11-12,18H,8-10,13-14H2,1-2H3/t18-/m0/s1. The van der Waals surface area contributed by atoms with E-state index in [4.69, 9.17) is 9.97 Å². The summed E-state index contributed by atoms with van der Waals surface area (Å²) in [6.07, 6.45) is 4.23. The van der Waals surface area contributed by atoms with E-state index in [0.29, 0.717) is 43.4 Å². The number of likely N-dealkylation sites (tertiary alicyclic amines) is 1. The lowest BCUT2D eigenvalue weighted by Crippen LogP contribution is -2.29. The molecule has 2 aliphatic rings. The fourth-order valence-electron chi connectivity index (χ4n) is 4.33. The Morgan fingerprint density at radius 3 is 2.66 bits per heavy atom. The molecule has 1 atom stereocenters. The minimum Gasteiger partial charge on any atom is -0.337 e. The van der Waals surface area contributed by atoms with Crippen molar-refractivity contribution in [1.29, 1.82) is 0 Å². The minimum atomic E-state index is -0.126. The van der Waals surface area contributed by atoms with Gasteiger partial charge in [-0.05, 0) is 25.8 Å². The fourth-order valence-corrected chi connectivity index (χ4v) is 4.33. The second kappa shape index (κ2) is 8.11. The largest absolute Gasteiger partial charge is 0.337 e. The van der Waals surface area contributed by atoms with Crippen LogP contribution in [0.15, 0.2) is 42.7 Å². The summed E-state index contributed by atoms with van der Waals surface area (Å²) in [5, 5.41) is 0. The van der Waals surface area contributed by atoms with Crippen LogP contribution < -0.4 is 4.90 Å². The van der Waals surface area contributed by atoms with Gasteiger partial charge < -0.3 is 4.90 Å². The first-order valence-electron chi connectivity index (χ1n) is 10.8. The van der Waals surface area contributed by atoms with Gasteiger partial charge in [-0.3, -0.25) is 19.5 Å². The van der Waals surface area contributed by atoms with Gasteiger partial charge in [-0.15, -0.1) is 0 Å². The molecule has 1 fully saturated rings. The SMILES string of the molecule is Cc1cnc(C(=O)N2CC[C@H](c3nc(C)c4c(n3)N(Cc3ccccc3)C(=O)C4)C2)cn1.